The maximum Gasteiger partial charge on any atom is 0.114 e. The highest BCUT2D eigenvalue weighted by Crippen LogP contribution is 2.30. The minimum absolute atomic E-state index is 0.260. The van der Waals surface area contributed by atoms with E-state index >= 15 is 0 Å². The number of aromatic nitrogens is 1. The van der Waals surface area contributed by atoms with Gasteiger partial charge in [0.2, 0.25) is 0 Å². The Bertz CT molecular complexity index is 527. The van der Waals surface area contributed by atoms with Crippen LogP contribution in [0.5, 0.6) is 0 Å². The van der Waals surface area contributed by atoms with Crippen molar-refractivity contribution >= 4 is 11.3 Å². The Morgan fingerprint density at radius 2 is 2.00 bits per heavy atom. The molecule has 1 aliphatic carbocycles. The first-order chi connectivity index (χ1) is 9.72. The van der Waals surface area contributed by atoms with Crippen molar-refractivity contribution < 1.29 is 0 Å². The van der Waals surface area contributed by atoms with Crippen molar-refractivity contribution in [3.63, 3.8) is 0 Å². The van der Waals surface area contributed by atoms with Crippen molar-refractivity contribution in [2.45, 2.75) is 45.2 Å². The third-order valence-electron chi connectivity index (χ3n) is 3.64. The first-order valence-electron chi connectivity index (χ1n) is 7.46. The summed E-state index contributed by atoms with van der Waals surface area (Å²) in [5.41, 5.74) is 2.76. The van der Waals surface area contributed by atoms with E-state index in [0.29, 0.717) is 12.0 Å². The Morgan fingerprint density at radius 1 is 1.25 bits per heavy atom. The molecule has 106 valence electrons. The highest BCUT2D eigenvalue weighted by Gasteiger charge is 2.27. The average Bonchev–Trinajstić information content (AvgIpc) is 3.09. The Kier molecular flexibility index (Phi) is 4.18. The molecule has 0 saturated heterocycles. The molecule has 1 aromatic carbocycles. The lowest BCUT2D eigenvalue weighted by molar-refractivity contribution is 0.597. The Labute approximate surface area is 125 Å². The van der Waals surface area contributed by atoms with Gasteiger partial charge in [0.1, 0.15) is 5.01 Å². The second-order valence-electron chi connectivity index (χ2n) is 6.08. The molecule has 0 spiro atoms. The fourth-order valence-corrected chi connectivity index (χ4v) is 3.21. The van der Waals surface area contributed by atoms with Crippen molar-refractivity contribution in [2.24, 2.45) is 5.92 Å². The number of nitrogens with zero attached hydrogens (tertiary/aromatic N) is 1. The molecule has 0 aliphatic heterocycles. The molecule has 1 fully saturated rings. The zero-order chi connectivity index (χ0) is 13.9. The number of rotatable bonds is 6. The summed E-state index contributed by atoms with van der Waals surface area (Å²) in [7, 11) is 0. The summed E-state index contributed by atoms with van der Waals surface area (Å²) in [5.74, 6) is 0.709. The van der Waals surface area contributed by atoms with Crippen LogP contribution in [-0.2, 0) is 6.42 Å². The molecule has 1 heterocycles. The van der Waals surface area contributed by atoms with Crippen LogP contribution in [-0.4, -0.2) is 11.0 Å². The van der Waals surface area contributed by atoms with Crippen molar-refractivity contribution in [1.29, 1.82) is 0 Å². The standard InChI is InChI=1S/C17H22N2S/c1-12(2)11-13-3-5-14(6-4-13)16(19-15-7-8-15)17-18-9-10-20-17/h3-6,9-10,12,15-16,19H,7-8,11H2,1-2H3. The van der Waals surface area contributed by atoms with Crippen LogP contribution in [0.1, 0.15) is 48.9 Å². The van der Waals surface area contributed by atoms with Crippen molar-refractivity contribution in [1.82, 2.24) is 10.3 Å². The molecule has 1 saturated carbocycles. The monoisotopic (exact) mass is 286 g/mol. The van der Waals surface area contributed by atoms with Gasteiger partial charge in [-0.15, -0.1) is 11.3 Å². The third kappa shape index (κ3) is 3.47. The normalized spacial score (nSPS) is 16.6. The maximum absolute atomic E-state index is 4.50. The lowest BCUT2D eigenvalue weighted by atomic mass is 9.99. The van der Waals surface area contributed by atoms with Crippen molar-refractivity contribution in [3.8, 4) is 0 Å². The molecular formula is C17H22N2S. The molecule has 0 amide bonds. The van der Waals surface area contributed by atoms with E-state index in [4.69, 9.17) is 0 Å². The van der Waals surface area contributed by atoms with Gasteiger partial charge < -0.3 is 5.32 Å². The summed E-state index contributed by atoms with van der Waals surface area (Å²) >= 11 is 1.74. The van der Waals surface area contributed by atoms with E-state index < -0.39 is 0 Å². The molecule has 1 atom stereocenters. The molecule has 0 bridgehead atoms. The van der Waals surface area contributed by atoms with E-state index in [9.17, 15) is 0 Å². The average molecular weight is 286 g/mol. The Balaban J connectivity index is 1.79. The summed E-state index contributed by atoms with van der Waals surface area (Å²) in [5, 5.41) is 6.95. The van der Waals surface area contributed by atoms with E-state index in [1.807, 2.05) is 6.20 Å². The van der Waals surface area contributed by atoms with E-state index in [2.05, 4.69) is 53.8 Å². The van der Waals surface area contributed by atoms with Crippen molar-refractivity contribution in [3.05, 3.63) is 52.0 Å². The first-order valence-corrected chi connectivity index (χ1v) is 8.34. The molecule has 1 aromatic heterocycles. The van der Waals surface area contributed by atoms with Gasteiger partial charge >= 0.3 is 0 Å². The predicted molar refractivity (Wildman–Crippen MR) is 85.1 cm³/mol. The first kappa shape index (κ1) is 13.8. The predicted octanol–water partition coefficient (Wildman–Crippen LogP) is 4.18. The fraction of sp³-hybridized carbons (Fsp3) is 0.471. The fourth-order valence-electron chi connectivity index (χ4n) is 2.49. The smallest absolute Gasteiger partial charge is 0.114 e. The zero-order valence-electron chi connectivity index (χ0n) is 12.2. The number of thiazole rings is 1. The number of nitrogens with one attached hydrogen (secondary N) is 1. The molecule has 1 aliphatic rings. The molecule has 1 N–H and O–H groups in total. The Morgan fingerprint density at radius 3 is 2.55 bits per heavy atom. The summed E-state index contributed by atoms with van der Waals surface area (Å²) in [6.07, 6.45) is 5.65. The molecule has 1 unspecified atom stereocenters. The van der Waals surface area contributed by atoms with Gasteiger partial charge in [-0.3, -0.25) is 0 Å². The summed E-state index contributed by atoms with van der Waals surface area (Å²) in [6.45, 7) is 4.53. The number of benzene rings is 1. The molecule has 2 nitrogen and oxygen atoms in total. The van der Waals surface area contributed by atoms with Gasteiger partial charge in [0.15, 0.2) is 0 Å². The van der Waals surface area contributed by atoms with Crippen LogP contribution in [0.4, 0.5) is 0 Å². The van der Waals surface area contributed by atoms with Gasteiger partial charge in [-0.2, -0.15) is 0 Å². The minimum Gasteiger partial charge on any atom is -0.301 e. The molecule has 20 heavy (non-hydrogen) atoms. The van der Waals surface area contributed by atoms with Crippen LogP contribution >= 0.6 is 11.3 Å². The summed E-state index contributed by atoms with van der Waals surface area (Å²) in [6, 6.07) is 10.0. The summed E-state index contributed by atoms with van der Waals surface area (Å²) < 4.78 is 0. The van der Waals surface area contributed by atoms with Crippen LogP contribution in [0, 0.1) is 5.92 Å². The molecular weight excluding hydrogens is 264 g/mol. The van der Waals surface area contributed by atoms with Crippen LogP contribution in [0.3, 0.4) is 0 Å². The van der Waals surface area contributed by atoms with Gasteiger partial charge in [0, 0.05) is 17.6 Å². The van der Waals surface area contributed by atoms with E-state index in [0.717, 1.165) is 6.42 Å². The second kappa shape index (κ2) is 6.06. The second-order valence-corrected chi connectivity index (χ2v) is 7.01. The van der Waals surface area contributed by atoms with Gasteiger partial charge in [0.25, 0.3) is 0 Å². The van der Waals surface area contributed by atoms with E-state index in [-0.39, 0.29) is 6.04 Å². The minimum atomic E-state index is 0.260. The van der Waals surface area contributed by atoms with E-state index in [1.165, 1.54) is 29.0 Å². The molecule has 3 heteroatoms. The third-order valence-corrected chi connectivity index (χ3v) is 4.48. The van der Waals surface area contributed by atoms with Crippen LogP contribution in [0.15, 0.2) is 35.8 Å². The van der Waals surface area contributed by atoms with Gasteiger partial charge in [-0.1, -0.05) is 38.1 Å². The molecule has 0 radical (unpaired) electrons. The number of hydrogen-bond donors (Lipinski definition) is 1. The molecule has 2 aromatic rings. The SMILES string of the molecule is CC(C)Cc1ccc(C(NC2CC2)c2nccs2)cc1. The quantitative estimate of drug-likeness (QED) is 0.861. The van der Waals surface area contributed by atoms with Crippen molar-refractivity contribution in [2.75, 3.05) is 0 Å². The largest absolute Gasteiger partial charge is 0.301 e. The Hall–Kier alpha value is -1.19. The molecule has 3 rings (SSSR count). The number of hydrogen-bond acceptors (Lipinski definition) is 3. The lowest BCUT2D eigenvalue weighted by Gasteiger charge is -2.17. The van der Waals surface area contributed by atoms with Gasteiger partial charge in [0.05, 0.1) is 6.04 Å². The highest BCUT2D eigenvalue weighted by atomic mass is 32.1. The van der Waals surface area contributed by atoms with Gasteiger partial charge in [-0.05, 0) is 36.3 Å². The maximum atomic E-state index is 4.50. The van der Waals surface area contributed by atoms with Crippen LogP contribution < -0.4 is 5.32 Å². The zero-order valence-corrected chi connectivity index (χ0v) is 13.0. The lowest BCUT2D eigenvalue weighted by Crippen LogP contribution is -2.24. The highest BCUT2D eigenvalue weighted by molar-refractivity contribution is 7.09. The van der Waals surface area contributed by atoms with E-state index in [1.54, 1.807) is 11.3 Å². The summed E-state index contributed by atoms with van der Waals surface area (Å²) in [4.78, 5) is 4.50. The van der Waals surface area contributed by atoms with Crippen LogP contribution in [0.25, 0.3) is 0 Å². The van der Waals surface area contributed by atoms with Gasteiger partial charge in [-0.25, -0.2) is 4.98 Å². The topological polar surface area (TPSA) is 24.9 Å². The van der Waals surface area contributed by atoms with Crippen LogP contribution in [0.2, 0.25) is 0 Å².